The maximum absolute atomic E-state index is 14.7. The Morgan fingerprint density at radius 1 is 1.18 bits per heavy atom. The molecule has 4 aliphatic rings. The van der Waals surface area contributed by atoms with Crippen LogP contribution in [0.15, 0.2) is 64.0 Å². The first kappa shape index (κ1) is 23.4. The molecule has 4 nitrogen and oxygen atoms in total. The average Bonchev–Trinajstić information content (AvgIpc) is 2.75. The molecule has 1 N–H and O–H groups in total. The van der Waals surface area contributed by atoms with Crippen LogP contribution >= 0.6 is 0 Å². The summed E-state index contributed by atoms with van der Waals surface area (Å²) in [6, 6.07) is 0. The van der Waals surface area contributed by atoms with E-state index in [4.69, 9.17) is 0 Å². The van der Waals surface area contributed by atoms with Crippen LogP contribution in [-0.4, -0.2) is 41.3 Å². The van der Waals surface area contributed by atoms with E-state index in [2.05, 4.69) is 10.4 Å². The number of hydrazone groups is 1. The number of allylic oxidation sites excluding steroid dienone is 7. The lowest BCUT2D eigenvalue weighted by atomic mass is 9.87. The van der Waals surface area contributed by atoms with Gasteiger partial charge in [-0.15, -0.1) is 0 Å². The highest BCUT2D eigenvalue weighted by Crippen LogP contribution is 2.39. The lowest BCUT2D eigenvalue weighted by Crippen LogP contribution is -2.49. The van der Waals surface area contributed by atoms with Crippen molar-refractivity contribution in [3.63, 3.8) is 0 Å². The first-order valence-electron chi connectivity index (χ1n) is 11.2. The van der Waals surface area contributed by atoms with Gasteiger partial charge in [-0.2, -0.15) is 18.3 Å². The van der Waals surface area contributed by atoms with E-state index in [1.807, 2.05) is 6.92 Å². The van der Waals surface area contributed by atoms with E-state index >= 15 is 0 Å². The van der Waals surface area contributed by atoms with Crippen LogP contribution in [-0.2, 0) is 4.79 Å². The van der Waals surface area contributed by atoms with Crippen LogP contribution < -0.4 is 5.32 Å². The number of nitrogens with one attached hydrogen (secondary N) is 1. The van der Waals surface area contributed by atoms with Crippen molar-refractivity contribution < 1.29 is 26.7 Å². The predicted molar refractivity (Wildman–Crippen MR) is 115 cm³/mol. The highest BCUT2D eigenvalue weighted by molar-refractivity contribution is 5.98. The van der Waals surface area contributed by atoms with Crippen LogP contribution in [0.2, 0.25) is 0 Å². The number of hydrogen-bond donors (Lipinski definition) is 1. The standard InChI is InChI=1S/C24H26F5N3O/c1-2-18-9-5-15(19-10-8-17(25)12-20(19)26)11-22-30-21(13-23(33)32(22)31-18)14-3-6-16(7-4-14)24(27,28)29/h3,5,9-11,13,16-17,20,22,30H,2,4,6-8,12H2,1H3/b9-5?,15-11-,31-18?. The zero-order valence-electron chi connectivity index (χ0n) is 18.2. The Kier molecular flexibility index (Phi) is 6.59. The zero-order chi connectivity index (χ0) is 23.8. The second-order valence-corrected chi connectivity index (χ2v) is 8.67. The molecule has 0 saturated carbocycles. The largest absolute Gasteiger partial charge is 0.392 e. The van der Waals surface area contributed by atoms with Crippen molar-refractivity contribution in [3.8, 4) is 0 Å². The lowest BCUT2D eigenvalue weighted by molar-refractivity contribution is -0.176. The molecule has 0 aromatic carbocycles. The van der Waals surface area contributed by atoms with Crippen molar-refractivity contribution >= 4 is 11.6 Å². The van der Waals surface area contributed by atoms with Gasteiger partial charge in [-0.05, 0) is 61.0 Å². The molecule has 0 spiro atoms. The molecular weight excluding hydrogens is 441 g/mol. The molecule has 0 radical (unpaired) electrons. The number of rotatable bonds is 3. The third kappa shape index (κ3) is 5.12. The van der Waals surface area contributed by atoms with Crippen LogP contribution in [0.5, 0.6) is 0 Å². The minimum absolute atomic E-state index is 0.0420. The quantitative estimate of drug-likeness (QED) is 0.551. The number of hydrogen-bond acceptors (Lipinski definition) is 3. The van der Waals surface area contributed by atoms with E-state index in [0.717, 1.165) is 0 Å². The van der Waals surface area contributed by atoms with Gasteiger partial charge in [-0.1, -0.05) is 25.2 Å². The summed E-state index contributed by atoms with van der Waals surface area (Å²) in [7, 11) is 0. The zero-order valence-corrected chi connectivity index (χ0v) is 18.2. The number of carbonyl (C=O) groups excluding carboxylic acids is 1. The molecule has 4 rings (SSSR count). The van der Waals surface area contributed by atoms with Gasteiger partial charge in [0.1, 0.15) is 18.5 Å². The molecule has 2 aliphatic heterocycles. The number of amides is 1. The van der Waals surface area contributed by atoms with Crippen molar-refractivity contribution in [2.24, 2.45) is 11.0 Å². The molecule has 4 unspecified atom stereocenters. The summed E-state index contributed by atoms with van der Waals surface area (Å²) in [5, 5.41) is 8.85. The molecule has 0 aromatic rings. The molecule has 9 heteroatoms. The van der Waals surface area contributed by atoms with Gasteiger partial charge in [0.25, 0.3) is 5.91 Å². The van der Waals surface area contributed by atoms with Gasteiger partial charge in [-0.3, -0.25) is 4.79 Å². The van der Waals surface area contributed by atoms with Crippen LogP contribution in [0.25, 0.3) is 0 Å². The van der Waals surface area contributed by atoms with Crippen molar-refractivity contribution in [2.45, 2.75) is 70.1 Å². The molecule has 33 heavy (non-hydrogen) atoms. The average molecular weight is 467 g/mol. The monoisotopic (exact) mass is 467 g/mol. The van der Waals surface area contributed by atoms with Crippen molar-refractivity contribution in [1.82, 2.24) is 10.3 Å². The molecule has 178 valence electrons. The van der Waals surface area contributed by atoms with Gasteiger partial charge in [-0.25, -0.2) is 13.8 Å². The first-order chi connectivity index (χ1) is 15.7. The predicted octanol–water partition coefficient (Wildman–Crippen LogP) is 5.58. The summed E-state index contributed by atoms with van der Waals surface area (Å²) in [6.07, 6.45) is 2.28. The van der Waals surface area contributed by atoms with Crippen LogP contribution in [0.1, 0.15) is 45.4 Å². The Hall–Kier alpha value is -2.71. The summed E-state index contributed by atoms with van der Waals surface area (Å²) in [4.78, 5) is 12.9. The first-order valence-corrected chi connectivity index (χ1v) is 11.2. The third-order valence-corrected chi connectivity index (χ3v) is 6.40. The number of fused-ring (bicyclic) bond motifs is 1. The fourth-order valence-electron chi connectivity index (χ4n) is 4.47. The van der Waals surface area contributed by atoms with Gasteiger partial charge in [0.2, 0.25) is 0 Å². The maximum atomic E-state index is 14.7. The van der Waals surface area contributed by atoms with Gasteiger partial charge < -0.3 is 5.32 Å². The molecule has 0 aromatic heterocycles. The van der Waals surface area contributed by atoms with Crippen molar-refractivity contribution in [1.29, 1.82) is 0 Å². The highest BCUT2D eigenvalue weighted by Gasteiger charge is 2.40. The lowest BCUT2D eigenvalue weighted by Gasteiger charge is -2.35. The van der Waals surface area contributed by atoms with Crippen LogP contribution in [0, 0.1) is 5.92 Å². The van der Waals surface area contributed by atoms with E-state index in [1.165, 1.54) is 17.2 Å². The summed E-state index contributed by atoms with van der Waals surface area (Å²) in [5.74, 6) is -1.80. The Balaban J connectivity index is 1.65. The van der Waals surface area contributed by atoms with Crippen molar-refractivity contribution in [3.05, 3.63) is 58.9 Å². The molecule has 1 amide bonds. The highest BCUT2D eigenvalue weighted by atomic mass is 19.4. The molecule has 0 saturated heterocycles. The van der Waals surface area contributed by atoms with Crippen LogP contribution in [0.4, 0.5) is 22.0 Å². The Bertz CT molecular complexity index is 989. The molecule has 0 bridgehead atoms. The Morgan fingerprint density at radius 2 is 1.97 bits per heavy atom. The van der Waals surface area contributed by atoms with E-state index < -0.39 is 36.5 Å². The summed E-state index contributed by atoms with van der Waals surface area (Å²) in [6.45, 7) is 1.88. The minimum Gasteiger partial charge on any atom is -0.360 e. The maximum Gasteiger partial charge on any atom is 0.392 e. The molecule has 2 heterocycles. The fraction of sp³-hybridized carbons (Fsp3) is 0.500. The van der Waals surface area contributed by atoms with E-state index in [-0.39, 0.29) is 32.1 Å². The SMILES string of the molecule is CCC1=NN2C(=O)C=C(C3=CCC(C(F)(F)F)CC3)NC2/C=C(\C2=CCC(F)CC2F)C=C1. The van der Waals surface area contributed by atoms with Gasteiger partial charge in [0.15, 0.2) is 0 Å². The normalized spacial score (nSPS) is 32.2. The summed E-state index contributed by atoms with van der Waals surface area (Å²) in [5.41, 5.74) is 2.61. The van der Waals surface area contributed by atoms with Crippen molar-refractivity contribution in [2.75, 3.05) is 0 Å². The summed E-state index contributed by atoms with van der Waals surface area (Å²) < 4.78 is 67.3. The minimum atomic E-state index is -4.24. The summed E-state index contributed by atoms with van der Waals surface area (Å²) >= 11 is 0. The molecule has 0 fully saturated rings. The third-order valence-electron chi connectivity index (χ3n) is 6.40. The smallest absolute Gasteiger partial charge is 0.360 e. The molecular formula is C24H26F5N3O. The van der Waals surface area contributed by atoms with E-state index in [0.29, 0.717) is 34.5 Å². The fourth-order valence-corrected chi connectivity index (χ4v) is 4.47. The second-order valence-electron chi connectivity index (χ2n) is 8.67. The number of nitrogens with zero attached hydrogens (tertiary/aromatic N) is 2. The van der Waals surface area contributed by atoms with E-state index in [1.54, 1.807) is 24.3 Å². The van der Waals surface area contributed by atoms with Crippen LogP contribution in [0.3, 0.4) is 0 Å². The number of carbonyl (C=O) groups is 1. The molecule has 2 aliphatic carbocycles. The van der Waals surface area contributed by atoms with Gasteiger partial charge in [0, 0.05) is 18.2 Å². The Labute approximate surface area is 189 Å². The Morgan fingerprint density at radius 3 is 2.61 bits per heavy atom. The van der Waals surface area contributed by atoms with Gasteiger partial charge >= 0.3 is 6.18 Å². The topological polar surface area (TPSA) is 44.7 Å². The number of halogens is 5. The number of alkyl halides is 5. The van der Waals surface area contributed by atoms with E-state index in [9.17, 15) is 26.7 Å². The van der Waals surface area contributed by atoms with Gasteiger partial charge in [0.05, 0.1) is 11.6 Å². The molecule has 4 atom stereocenters. The second kappa shape index (κ2) is 9.27.